The number of rotatable bonds is 2. The highest BCUT2D eigenvalue weighted by atomic mass is 16.4. The van der Waals surface area contributed by atoms with Gasteiger partial charge in [-0.3, -0.25) is 0 Å². The number of carbonyl (C=O) groups is 1. The number of hydrogen-bond acceptors (Lipinski definition) is 3. The van der Waals surface area contributed by atoms with Crippen molar-refractivity contribution in [1.29, 1.82) is 0 Å². The Hall–Kier alpha value is -1.13. The molecule has 19 heavy (non-hydrogen) atoms. The van der Waals surface area contributed by atoms with Gasteiger partial charge in [0.1, 0.15) is 0 Å². The molecular weight excluding hydrogens is 244 g/mol. The average molecular weight is 266 g/mol. The van der Waals surface area contributed by atoms with Gasteiger partial charge in [-0.25, -0.2) is 4.79 Å². The summed E-state index contributed by atoms with van der Waals surface area (Å²) in [4.78, 5) is 11.0. The minimum absolute atomic E-state index is 0.142. The Bertz CT molecular complexity index is 441. The van der Waals surface area contributed by atoms with E-state index in [1.807, 2.05) is 6.92 Å². The second-order valence-electron chi connectivity index (χ2n) is 6.27. The molecule has 0 spiro atoms. The van der Waals surface area contributed by atoms with Crippen LogP contribution in [0.15, 0.2) is 24.3 Å². The van der Waals surface area contributed by atoms with Gasteiger partial charge in [-0.2, -0.15) is 0 Å². The van der Waals surface area contributed by atoms with Crippen molar-refractivity contribution >= 4 is 5.97 Å². The third-order valence-corrected chi connectivity index (χ3v) is 5.26. The highest BCUT2D eigenvalue weighted by Gasteiger charge is 2.56. The van der Waals surface area contributed by atoms with Crippen LogP contribution in [0.1, 0.15) is 39.0 Å². The van der Waals surface area contributed by atoms with Gasteiger partial charge in [0.25, 0.3) is 0 Å². The number of aliphatic carboxylic acids is 1. The summed E-state index contributed by atoms with van der Waals surface area (Å²) < 4.78 is 0. The molecular formula is C15H22O4. The zero-order chi connectivity index (χ0) is 14.4. The van der Waals surface area contributed by atoms with E-state index in [0.717, 1.165) is 12.8 Å². The van der Waals surface area contributed by atoms with Crippen molar-refractivity contribution in [3.63, 3.8) is 0 Å². The predicted molar refractivity (Wildman–Crippen MR) is 71.6 cm³/mol. The number of carboxylic acid groups (broad SMARTS) is 1. The smallest absolute Gasteiger partial charge is 0.331 e. The molecule has 4 atom stereocenters. The van der Waals surface area contributed by atoms with Crippen molar-refractivity contribution in [3.8, 4) is 0 Å². The first kappa shape index (κ1) is 14.3. The molecule has 2 aliphatic rings. The largest absolute Gasteiger partial charge is 0.478 e. The fraction of sp³-hybridized carbons (Fsp3) is 0.667. The maximum absolute atomic E-state index is 11.0. The van der Waals surface area contributed by atoms with E-state index in [4.69, 9.17) is 5.11 Å². The van der Waals surface area contributed by atoms with Crippen molar-refractivity contribution in [3.05, 3.63) is 24.3 Å². The minimum atomic E-state index is -1.19. The van der Waals surface area contributed by atoms with Gasteiger partial charge in [0.15, 0.2) is 0 Å². The molecule has 0 heterocycles. The number of carboxylic acids is 1. The molecule has 4 heteroatoms. The Kier molecular flexibility index (Phi) is 3.35. The fourth-order valence-corrected chi connectivity index (χ4v) is 3.63. The Balaban J connectivity index is 2.30. The first-order chi connectivity index (χ1) is 8.71. The van der Waals surface area contributed by atoms with Crippen LogP contribution in [0.3, 0.4) is 0 Å². The fourth-order valence-electron chi connectivity index (χ4n) is 3.63. The third kappa shape index (κ3) is 2.03. The van der Waals surface area contributed by atoms with Gasteiger partial charge in [-0.05, 0) is 43.6 Å². The molecule has 0 bridgehead atoms. The van der Waals surface area contributed by atoms with E-state index in [1.54, 1.807) is 0 Å². The topological polar surface area (TPSA) is 77.8 Å². The van der Waals surface area contributed by atoms with Gasteiger partial charge in [0, 0.05) is 11.0 Å². The lowest BCUT2D eigenvalue weighted by atomic mass is 9.53. The van der Waals surface area contributed by atoms with Crippen molar-refractivity contribution in [2.45, 2.75) is 50.7 Å². The van der Waals surface area contributed by atoms with Crippen LogP contribution in [-0.2, 0) is 4.79 Å². The predicted octanol–water partition coefficient (Wildman–Crippen LogP) is 1.88. The van der Waals surface area contributed by atoms with Crippen LogP contribution < -0.4 is 0 Å². The molecule has 0 saturated heterocycles. The second-order valence-corrected chi connectivity index (χ2v) is 6.27. The molecule has 2 aliphatic carbocycles. The molecule has 3 N–H and O–H groups in total. The zero-order valence-corrected chi connectivity index (χ0v) is 11.4. The van der Waals surface area contributed by atoms with E-state index < -0.39 is 17.7 Å². The Morgan fingerprint density at radius 3 is 2.53 bits per heavy atom. The van der Waals surface area contributed by atoms with E-state index in [2.05, 4.69) is 13.2 Å². The molecule has 0 radical (unpaired) electrons. The summed E-state index contributed by atoms with van der Waals surface area (Å²) in [6.07, 6.45) is 2.39. The second kappa shape index (κ2) is 4.46. The lowest BCUT2D eigenvalue weighted by molar-refractivity contribution is -0.138. The van der Waals surface area contributed by atoms with E-state index in [-0.39, 0.29) is 16.9 Å². The highest BCUT2D eigenvalue weighted by molar-refractivity contribution is 5.86. The molecule has 2 fully saturated rings. The first-order valence-corrected chi connectivity index (χ1v) is 6.73. The molecule has 0 unspecified atom stereocenters. The summed E-state index contributed by atoms with van der Waals surface area (Å²) in [6.45, 7) is 9.47. The van der Waals surface area contributed by atoms with Gasteiger partial charge >= 0.3 is 5.97 Å². The monoisotopic (exact) mass is 266 g/mol. The Labute approximate surface area is 113 Å². The van der Waals surface area contributed by atoms with Crippen molar-refractivity contribution < 1.29 is 20.1 Å². The quantitative estimate of drug-likeness (QED) is 0.527. The van der Waals surface area contributed by atoms with Crippen LogP contribution in [0.5, 0.6) is 0 Å². The van der Waals surface area contributed by atoms with Crippen molar-refractivity contribution in [2.24, 2.45) is 11.3 Å². The van der Waals surface area contributed by atoms with Crippen LogP contribution in [0, 0.1) is 11.3 Å². The standard InChI is InChI=1S/C15H22O4/c1-9(13(17)18)11-4-6-14(3)7-5-12(16)10(2)15(14,19)8-11/h11-12,16,19H,1-2,4-8H2,3H3,(H,17,18)/t11-,12+,14+,15-/m1/s1. The summed E-state index contributed by atoms with van der Waals surface area (Å²) in [6, 6.07) is 0. The van der Waals surface area contributed by atoms with E-state index in [1.165, 1.54) is 0 Å². The molecule has 0 aromatic rings. The number of aliphatic hydroxyl groups excluding tert-OH is 1. The van der Waals surface area contributed by atoms with Gasteiger partial charge in [0.05, 0.1) is 11.7 Å². The molecule has 0 aromatic carbocycles. The van der Waals surface area contributed by atoms with E-state index in [9.17, 15) is 15.0 Å². The molecule has 0 amide bonds. The summed E-state index contributed by atoms with van der Waals surface area (Å²) in [5.74, 6) is -1.27. The number of fused-ring (bicyclic) bond motifs is 1. The van der Waals surface area contributed by atoms with Crippen LogP contribution in [-0.4, -0.2) is 33.0 Å². The summed E-state index contributed by atoms with van der Waals surface area (Å²) in [5.41, 5.74) is -0.933. The molecule has 0 aromatic heterocycles. The number of hydrogen-bond donors (Lipinski definition) is 3. The summed E-state index contributed by atoms with van der Waals surface area (Å²) in [5, 5.41) is 30.0. The van der Waals surface area contributed by atoms with Gasteiger partial charge < -0.3 is 15.3 Å². The normalized spacial score (nSPS) is 42.6. The maximum Gasteiger partial charge on any atom is 0.331 e. The average Bonchev–Trinajstić information content (AvgIpc) is 2.36. The van der Waals surface area contributed by atoms with Gasteiger partial charge in [-0.1, -0.05) is 20.1 Å². The number of aliphatic hydroxyl groups is 2. The van der Waals surface area contributed by atoms with E-state index >= 15 is 0 Å². The van der Waals surface area contributed by atoms with Crippen molar-refractivity contribution in [1.82, 2.24) is 0 Å². The summed E-state index contributed by atoms with van der Waals surface area (Å²) in [7, 11) is 0. The molecule has 2 saturated carbocycles. The van der Waals surface area contributed by atoms with Gasteiger partial charge in [-0.15, -0.1) is 0 Å². The maximum atomic E-state index is 11.0. The Morgan fingerprint density at radius 1 is 1.37 bits per heavy atom. The molecule has 0 aliphatic heterocycles. The zero-order valence-electron chi connectivity index (χ0n) is 11.4. The lowest BCUT2D eigenvalue weighted by Crippen LogP contribution is -2.57. The third-order valence-electron chi connectivity index (χ3n) is 5.26. The molecule has 4 nitrogen and oxygen atoms in total. The van der Waals surface area contributed by atoms with Crippen LogP contribution in [0.4, 0.5) is 0 Å². The van der Waals surface area contributed by atoms with Crippen molar-refractivity contribution in [2.75, 3.05) is 0 Å². The molecule has 2 rings (SSSR count). The molecule has 106 valence electrons. The van der Waals surface area contributed by atoms with E-state index in [0.29, 0.717) is 24.8 Å². The SMILES string of the molecule is C=C(C(=O)O)[C@@H]1CC[C@@]2(C)CC[C@H](O)C(=C)[C@]2(O)C1. The van der Waals surface area contributed by atoms with Crippen LogP contribution in [0.2, 0.25) is 0 Å². The van der Waals surface area contributed by atoms with Crippen LogP contribution >= 0.6 is 0 Å². The lowest BCUT2D eigenvalue weighted by Gasteiger charge is -2.56. The first-order valence-electron chi connectivity index (χ1n) is 6.73. The van der Waals surface area contributed by atoms with Gasteiger partial charge in [0.2, 0.25) is 0 Å². The van der Waals surface area contributed by atoms with Crippen LogP contribution in [0.25, 0.3) is 0 Å². The minimum Gasteiger partial charge on any atom is -0.478 e. The highest BCUT2D eigenvalue weighted by Crippen LogP contribution is 2.56. The Morgan fingerprint density at radius 2 is 1.95 bits per heavy atom. The summed E-state index contributed by atoms with van der Waals surface area (Å²) >= 11 is 0.